The molecule has 0 aliphatic carbocycles. The molecule has 1 heterocycles. The van der Waals surface area contributed by atoms with Crippen molar-refractivity contribution in [1.29, 1.82) is 5.26 Å². The van der Waals surface area contributed by atoms with Gasteiger partial charge in [-0.25, -0.2) is 0 Å². The van der Waals surface area contributed by atoms with Crippen molar-refractivity contribution in [2.45, 2.75) is 20.3 Å². The van der Waals surface area contributed by atoms with Gasteiger partial charge in [0, 0.05) is 32.7 Å². The van der Waals surface area contributed by atoms with E-state index in [1.165, 1.54) is 0 Å². The van der Waals surface area contributed by atoms with Gasteiger partial charge in [-0.2, -0.15) is 5.26 Å². The van der Waals surface area contributed by atoms with E-state index < -0.39 is 0 Å². The molecule has 2 rings (SSSR count). The lowest BCUT2D eigenvalue weighted by molar-refractivity contribution is -0.135. The molecular formula is C19H26N4O3. The highest BCUT2D eigenvalue weighted by atomic mass is 16.5. The zero-order chi connectivity index (χ0) is 18.9. The Labute approximate surface area is 154 Å². The maximum atomic E-state index is 12.3. The molecule has 1 aliphatic rings. The third-order valence-corrected chi connectivity index (χ3v) is 4.56. The summed E-state index contributed by atoms with van der Waals surface area (Å²) in [7, 11) is 0. The van der Waals surface area contributed by atoms with Gasteiger partial charge >= 0.3 is 0 Å². The molecule has 0 aromatic heterocycles. The molecule has 1 aromatic carbocycles. The van der Waals surface area contributed by atoms with Gasteiger partial charge < -0.3 is 15.0 Å². The lowest BCUT2D eigenvalue weighted by Gasteiger charge is -2.34. The Bertz CT molecular complexity index is 676. The monoisotopic (exact) mass is 358 g/mol. The number of nitriles is 1. The number of rotatable bonds is 7. The van der Waals surface area contributed by atoms with Gasteiger partial charge in [0.1, 0.15) is 5.75 Å². The minimum Gasteiger partial charge on any atom is -0.483 e. The van der Waals surface area contributed by atoms with Crippen molar-refractivity contribution < 1.29 is 14.3 Å². The van der Waals surface area contributed by atoms with Crippen LogP contribution in [0.25, 0.3) is 0 Å². The standard InChI is InChI=1S/C19H26N4O3/c1-15-5-3-6-17(16(15)2)26-14-19(25)23-11-9-22(10-12-23)13-18(24)21-8-4-7-20/h3,5-6H,4,8-14H2,1-2H3,(H,21,24). The predicted molar refractivity (Wildman–Crippen MR) is 97.7 cm³/mol. The summed E-state index contributed by atoms with van der Waals surface area (Å²) >= 11 is 0. The van der Waals surface area contributed by atoms with Gasteiger partial charge in [0.05, 0.1) is 19.0 Å². The second-order valence-corrected chi connectivity index (χ2v) is 6.40. The molecule has 1 saturated heterocycles. The van der Waals surface area contributed by atoms with Gasteiger partial charge in [-0.3, -0.25) is 14.5 Å². The molecule has 1 aliphatic heterocycles. The minimum atomic E-state index is -0.0849. The number of hydrogen-bond donors (Lipinski definition) is 1. The Morgan fingerprint density at radius 2 is 1.96 bits per heavy atom. The largest absolute Gasteiger partial charge is 0.483 e. The number of nitrogens with one attached hydrogen (secondary N) is 1. The van der Waals surface area contributed by atoms with Gasteiger partial charge in [0.15, 0.2) is 6.61 Å². The molecule has 0 unspecified atom stereocenters. The topological polar surface area (TPSA) is 85.7 Å². The fourth-order valence-electron chi connectivity index (χ4n) is 2.78. The average Bonchev–Trinajstić information content (AvgIpc) is 2.63. The Kier molecular flexibility index (Phi) is 7.42. The number of carbonyl (C=O) groups is 2. The van der Waals surface area contributed by atoms with E-state index in [1.54, 1.807) is 4.90 Å². The number of nitrogens with zero attached hydrogens (tertiary/aromatic N) is 3. The highest BCUT2D eigenvalue weighted by Gasteiger charge is 2.22. The molecule has 140 valence electrons. The summed E-state index contributed by atoms with van der Waals surface area (Å²) in [6.45, 7) is 7.17. The van der Waals surface area contributed by atoms with Crippen LogP contribution in [0.3, 0.4) is 0 Å². The maximum absolute atomic E-state index is 12.3. The molecule has 7 nitrogen and oxygen atoms in total. The van der Waals surface area contributed by atoms with Crippen LogP contribution in [0.1, 0.15) is 17.5 Å². The summed E-state index contributed by atoms with van der Waals surface area (Å²) in [5.74, 6) is 0.619. The van der Waals surface area contributed by atoms with Crippen molar-refractivity contribution in [2.75, 3.05) is 45.9 Å². The summed E-state index contributed by atoms with van der Waals surface area (Å²) < 4.78 is 5.68. The van der Waals surface area contributed by atoms with Crippen molar-refractivity contribution in [3.63, 3.8) is 0 Å². The molecule has 0 spiro atoms. The fourth-order valence-corrected chi connectivity index (χ4v) is 2.78. The lowest BCUT2D eigenvalue weighted by atomic mass is 10.1. The summed E-state index contributed by atoms with van der Waals surface area (Å²) in [4.78, 5) is 27.9. The average molecular weight is 358 g/mol. The Morgan fingerprint density at radius 3 is 2.65 bits per heavy atom. The van der Waals surface area contributed by atoms with Gasteiger partial charge in [-0.1, -0.05) is 12.1 Å². The highest BCUT2D eigenvalue weighted by molar-refractivity contribution is 5.79. The number of benzene rings is 1. The summed E-state index contributed by atoms with van der Waals surface area (Å²) in [6, 6.07) is 7.80. The summed E-state index contributed by atoms with van der Waals surface area (Å²) in [6.07, 6.45) is 0.314. The van der Waals surface area contributed by atoms with E-state index in [0.717, 1.165) is 16.9 Å². The van der Waals surface area contributed by atoms with Crippen LogP contribution in [-0.4, -0.2) is 67.5 Å². The second-order valence-electron chi connectivity index (χ2n) is 6.40. The molecule has 1 aromatic rings. The molecular weight excluding hydrogens is 332 g/mol. The molecule has 2 amide bonds. The molecule has 0 saturated carbocycles. The number of aryl methyl sites for hydroxylation is 1. The third kappa shape index (κ3) is 5.74. The predicted octanol–water partition coefficient (Wildman–Crippen LogP) is 0.856. The van der Waals surface area contributed by atoms with Crippen LogP contribution in [-0.2, 0) is 9.59 Å². The number of piperazine rings is 1. The van der Waals surface area contributed by atoms with E-state index in [2.05, 4.69) is 5.32 Å². The Balaban J connectivity index is 1.72. The lowest BCUT2D eigenvalue weighted by Crippen LogP contribution is -2.52. The molecule has 1 N–H and O–H groups in total. The smallest absolute Gasteiger partial charge is 0.260 e. The maximum Gasteiger partial charge on any atom is 0.260 e. The second kappa shape index (κ2) is 9.78. The zero-order valence-electron chi connectivity index (χ0n) is 15.5. The van der Waals surface area contributed by atoms with Crippen molar-refractivity contribution in [3.8, 4) is 11.8 Å². The van der Waals surface area contributed by atoms with Crippen LogP contribution in [0.5, 0.6) is 5.75 Å². The molecule has 7 heteroatoms. The Morgan fingerprint density at radius 1 is 1.23 bits per heavy atom. The molecule has 1 fully saturated rings. The van der Waals surface area contributed by atoms with E-state index in [9.17, 15) is 9.59 Å². The fraction of sp³-hybridized carbons (Fsp3) is 0.526. The normalized spacial score (nSPS) is 14.6. The molecule has 26 heavy (non-hydrogen) atoms. The van der Waals surface area contributed by atoms with Crippen LogP contribution in [0.15, 0.2) is 18.2 Å². The van der Waals surface area contributed by atoms with Crippen molar-refractivity contribution >= 4 is 11.8 Å². The number of carbonyl (C=O) groups excluding carboxylic acids is 2. The number of hydrogen-bond acceptors (Lipinski definition) is 5. The highest BCUT2D eigenvalue weighted by Crippen LogP contribution is 2.20. The summed E-state index contributed by atoms with van der Waals surface area (Å²) in [5.41, 5.74) is 2.18. The first kappa shape index (κ1) is 19.7. The number of amides is 2. The molecule has 0 radical (unpaired) electrons. The van der Waals surface area contributed by atoms with Gasteiger partial charge in [0.25, 0.3) is 5.91 Å². The first-order chi connectivity index (χ1) is 12.5. The van der Waals surface area contributed by atoms with E-state index in [-0.39, 0.29) is 18.4 Å². The van der Waals surface area contributed by atoms with Crippen LogP contribution in [0, 0.1) is 25.2 Å². The van der Waals surface area contributed by atoms with Crippen LogP contribution < -0.4 is 10.1 Å². The van der Waals surface area contributed by atoms with Crippen LogP contribution in [0.2, 0.25) is 0 Å². The van der Waals surface area contributed by atoms with Crippen molar-refractivity contribution in [2.24, 2.45) is 0 Å². The van der Waals surface area contributed by atoms with Crippen molar-refractivity contribution in [1.82, 2.24) is 15.1 Å². The van der Waals surface area contributed by atoms with E-state index in [1.807, 2.05) is 43.0 Å². The molecule has 0 atom stereocenters. The first-order valence-electron chi connectivity index (χ1n) is 8.84. The van der Waals surface area contributed by atoms with Crippen LogP contribution in [0.4, 0.5) is 0 Å². The van der Waals surface area contributed by atoms with E-state index in [4.69, 9.17) is 10.00 Å². The molecule has 0 bridgehead atoms. The first-order valence-corrected chi connectivity index (χ1v) is 8.84. The minimum absolute atomic E-state index is 0.0267. The van der Waals surface area contributed by atoms with Gasteiger partial charge in [-0.05, 0) is 31.0 Å². The van der Waals surface area contributed by atoms with Gasteiger partial charge in [0.2, 0.25) is 5.91 Å². The quantitative estimate of drug-likeness (QED) is 0.731. The van der Waals surface area contributed by atoms with E-state index in [0.29, 0.717) is 45.7 Å². The summed E-state index contributed by atoms with van der Waals surface area (Å²) in [5, 5.41) is 11.2. The van der Waals surface area contributed by atoms with E-state index >= 15 is 0 Å². The SMILES string of the molecule is Cc1cccc(OCC(=O)N2CCN(CC(=O)NCCC#N)CC2)c1C. The third-order valence-electron chi connectivity index (χ3n) is 4.56. The number of ether oxygens (including phenoxy) is 1. The van der Waals surface area contributed by atoms with Crippen LogP contribution >= 0.6 is 0 Å². The van der Waals surface area contributed by atoms with Gasteiger partial charge in [-0.15, -0.1) is 0 Å². The Hall–Kier alpha value is -2.59. The van der Waals surface area contributed by atoms with Crippen molar-refractivity contribution in [3.05, 3.63) is 29.3 Å². The zero-order valence-corrected chi connectivity index (χ0v) is 15.5.